The van der Waals surface area contributed by atoms with E-state index < -0.39 is 0 Å². The van der Waals surface area contributed by atoms with Crippen molar-refractivity contribution in [3.05, 3.63) is 35.7 Å². The molecule has 72 valence electrons. The molecular weight excluding hydrogens is 174 g/mol. The van der Waals surface area contributed by atoms with Gasteiger partial charge in [-0.05, 0) is 43.0 Å². The fraction of sp³-hybridized carbons (Fsp3) is 0.250. The Bertz CT molecular complexity index is 477. The number of benzene rings is 1. The first-order valence-electron chi connectivity index (χ1n) is 4.62. The van der Waals surface area contributed by atoms with Gasteiger partial charge < -0.3 is 4.74 Å². The molecule has 1 aromatic heterocycles. The molecule has 1 heterocycles. The molecule has 2 heteroatoms. The summed E-state index contributed by atoms with van der Waals surface area (Å²) in [7, 11) is 1.69. The summed E-state index contributed by atoms with van der Waals surface area (Å²) in [6.07, 6.45) is 1.90. The van der Waals surface area contributed by atoms with Gasteiger partial charge in [0.15, 0.2) is 0 Å². The molecular formula is C12H13NO. The number of hydrogen-bond donors (Lipinski definition) is 0. The van der Waals surface area contributed by atoms with Crippen molar-refractivity contribution < 1.29 is 4.74 Å². The Balaban J connectivity index is 2.80. The Morgan fingerprint density at radius 3 is 2.64 bits per heavy atom. The van der Waals surface area contributed by atoms with Crippen molar-refractivity contribution in [2.75, 3.05) is 7.11 Å². The van der Waals surface area contributed by atoms with Crippen molar-refractivity contribution in [1.82, 2.24) is 4.98 Å². The molecule has 0 fully saturated rings. The summed E-state index contributed by atoms with van der Waals surface area (Å²) in [5, 5.41) is 2.42. The van der Waals surface area contributed by atoms with Gasteiger partial charge in [0.25, 0.3) is 0 Å². The standard InChI is InChI=1S/C12H13NO/c1-8-7-13-9(2)11-5-4-10(14-3)6-12(8)11/h4-7H,1-3H3. The zero-order chi connectivity index (χ0) is 10.1. The highest BCUT2D eigenvalue weighted by molar-refractivity contribution is 5.88. The number of rotatable bonds is 1. The van der Waals surface area contributed by atoms with Crippen LogP contribution >= 0.6 is 0 Å². The minimum atomic E-state index is 0.895. The van der Waals surface area contributed by atoms with E-state index in [2.05, 4.69) is 24.0 Å². The third-order valence-electron chi connectivity index (χ3n) is 2.49. The summed E-state index contributed by atoms with van der Waals surface area (Å²) in [5.41, 5.74) is 2.25. The van der Waals surface area contributed by atoms with E-state index in [4.69, 9.17) is 4.74 Å². The minimum absolute atomic E-state index is 0.895. The molecule has 0 saturated heterocycles. The molecule has 0 radical (unpaired) electrons. The Kier molecular flexibility index (Phi) is 2.12. The Morgan fingerprint density at radius 1 is 1.14 bits per heavy atom. The van der Waals surface area contributed by atoms with Crippen LogP contribution in [0.5, 0.6) is 5.75 Å². The van der Waals surface area contributed by atoms with Gasteiger partial charge in [-0.25, -0.2) is 0 Å². The third-order valence-corrected chi connectivity index (χ3v) is 2.49. The zero-order valence-electron chi connectivity index (χ0n) is 8.66. The van der Waals surface area contributed by atoms with Crippen LogP contribution in [0.4, 0.5) is 0 Å². The lowest BCUT2D eigenvalue weighted by atomic mass is 10.1. The van der Waals surface area contributed by atoms with Gasteiger partial charge in [0.1, 0.15) is 5.75 Å². The Morgan fingerprint density at radius 2 is 1.93 bits per heavy atom. The van der Waals surface area contributed by atoms with E-state index in [0.29, 0.717) is 0 Å². The van der Waals surface area contributed by atoms with Gasteiger partial charge in [-0.15, -0.1) is 0 Å². The fourth-order valence-corrected chi connectivity index (χ4v) is 1.62. The topological polar surface area (TPSA) is 22.1 Å². The predicted molar refractivity (Wildman–Crippen MR) is 57.8 cm³/mol. The first-order chi connectivity index (χ1) is 6.72. The number of pyridine rings is 1. The molecule has 0 N–H and O–H groups in total. The van der Waals surface area contributed by atoms with Crippen LogP contribution in [0, 0.1) is 13.8 Å². The van der Waals surface area contributed by atoms with Crippen LogP contribution in [0.15, 0.2) is 24.4 Å². The van der Waals surface area contributed by atoms with E-state index in [-0.39, 0.29) is 0 Å². The van der Waals surface area contributed by atoms with Crippen molar-refractivity contribution >= 4 is 10.8 Å². The average molecular weight is 187 g/mol. The van der Waals surface area contributed by atoms with E-state index in [9.17, 15) is 0 Å². The lowest BCUT2D eigenvalue weighted by molar-refractivity contribution is 0.415. The van der Waals surface area contributed by atoms with Crippen molar-refractivity contribution in [1.29, 1.82) is 0 Å². The normalized spacial score (nSPS) is 10.5. The molecule has 2 aromatic rings. The molecule has 2 nitrogen and oxygen atoms in total. The summed E-state index contributed by atoms with van der Waals surface area (Å²) in [6, 6.07) is 6.08. The monoisotopic (exact) mass is 187 g/mol. The number of hydrogen-bond acceptors (Lipinski definition) is 2. The summed E-state index contributed by atoms with van der Waals surface area (Å²) < 4.78 is 5.20. The third kappa shape index (κ3) is 1.33. The molecule has 14 heavy (non-hydrogen) atoms. The lowest BCUT2D eigenvalue weighted by Gasteiger charge is -2.06. The van der Waals surface area contributed by atoms with Crippen LogP contribution in [-0.4, -0.2) is 12.1 Å². The van der Waals surface area contributed by atoms with Gasteiger partial charge in [-0.3, -0.25) is 4.98 Å². The summed E-state index contributed by atoms with van der Waals surface area (Å²) in [6.45, 7) is 4.09. The molecule has 0 aliphatic rings. The molecule has 0 amide bonds. The minimum Gasteiger partial charge on any atom is -0.497 e. The zero-order valence-corrected chi connectivity index (χ0v) is 8.66. The van der Waals surface area contributed by atoms with Gasteiger partial charge in [0, 0.05) is 17.3 Å². The maximum atomic E-state index is 5.20. The van der Waals surface area contributed by atoms with Crippen molar-refractivity contribution in [3.63, 3.8) is 0 Å². The SMILES string of the molecule is COc1ccc2c(C)ncc(C)c2c1. The molecule has 1 aromatic carbocycles. The highest BCUT2D eigenvalue weighted by atomic mass is 16.5. The average Bonchev–Trinajstić information content (AvgIpc) is 2.23. The number of ether oxygens (including phenoxy) is 1. The smallest absolute Gasteiger partial charge is 0.119 e. The quantitative estimate of drug-likeness (QED) is 0.684. The van der Waals surface area contributed by atoms with Gasteiger partial charge in [0.2, 0.25) is 0 Å². The molecule has 2 rings (SSSR count). The first-order valence-corrected chi connectivity index (χ1v) is 4.62. The molecule has 0 unspecified atom stereocenters. The molecule has 0 aliphatic carbocycles. The largest absolute Gasteiger partial charge is 0.497 e. The molecule has 0 spiro atoms. The highest BCUT2D eigenvalue weighted by Crippen LogP contribution is 2.24. The molecule has 0 saturated carbocycles. The van der Waals surface area contributed by atoms with Crippen molar-refractivity contribution in [3.8, 4) is 5.75 Å². The maximum Gasteiger partial charge on any atom is 0.119 e. The highest BCUT2D eigenvalue weighted by Gasteiger charge is 2.02. The number of methoxy groups -OCH3 is 1. The summed E-state index contributed by atoms with van der Waals surface area (Å²) in [4.78, 5) is 4.32. The predicted octanol–water partition coefficient (Wildman–Crippen LogP) is 2.86. The van der Waals surface area contributed by atoms with Gasteiger partial charge in [-0.2, -0.15) is 0 Å². The second-order valence-corrected chi connectivity index (χ2v) is 3.44. The van der Waals surface area contributed by atoms with E-state index in [1.807, 2.05) is 19.2 Å². The van der Waals surface area contributed by atoms with Gasteiger partial charge >= 0.3 is 0 Å². The Hall–Kier alpha value is -1.57. The molecule has 0 atom stereocenters. The number of aromatic nitrogens is 1. The number of aryl methyl sites for hydroxylation is 2. The summed E-state index contributed by atoms with van der Waals surface area (Å²) >= 11 is 0. The number of nitrogens with zero attached hydrogens (tertiary/aromatic N) is 1. The maximum absolute atomic E-state index is 5.20. The van der Waals surface area contributed by atoms with Gasteiger partial charge in [-0.1, -0.05) is 0 Å². The molecule has 0 bridgehead atoms. The van der Waals surface area contributed by atoms with E-state index >= 15 is 0 Å². The Labute approximate surface area is 83.5 Å². The van der Waals surface area contributed by atoms with E-state index in [1.54, 1.807) is 7.11 Å². The fourth-order valence-electron chi connectivity index (χ4n) is 1.62. The van der Waals surface area contributed by atoms with Crippen LogP contribution < -0.4 is 4.74 Å². The van der Waals surface area contributed by atoms with Crippen molar-refractivity contribution in [2.45, 2.75) is 13.8 Å². The summed E-state index contributed by atoms with van der Waals surface area (Å²) in [5.74, 6) is 0.895. The van der Waals surface area contributed by atoms with Crippen LogP contribution in [0.25, 0.3) is 10.8 Å². The van der Waals surface area contributed by atoms with Crippen LogP contribution in [0.3, 0.4) is 0 Å². The second kappa shape index (κ2) is 3.29. The van der Waals surface area contributed by atoms with Gasteiger partial charge in [0.05, 0.1) is 7.11 Å². The lowest BCUT2D eigenvalue weighted by Crippen LogP contribution is -1.89. The van der Waals surface area contributed by atoms with Crippen molar-refractivity contribution in [2.24, 2.45) is 0 Å². The van der Waals surface area contributed by atoms with Crippen LogP contribution in [0.2, 0.25) is 0 Å². The second-order valence-electron chi connectivity index (χ2n) is 3.44. The van der Waals surface area contributed by atoms with Crippen LogP contribution in [-0.2, 0) is 0 Å². The molecule has 0 aliphatic heterocycles. The first kappa shape index (κ1) is 9.00. The van der Waals surface area contributed by atoms with E-state index in [0.717, 1.165) is 11.4 Å². The van der Waals surface area contributed by atoms with E-state index in [1.165, 1.54) is 16.3 Å². The van der Waals surface area contributed by atoms with Crippen LogP contribution in [0.1, 0.15) is 11.3 Å². The number of fused-ring (bicyclic) bond motifs is 1.